The predicted molar refractivity (Wildman–Crippen MR) is 113 cm³/mol. The van der Waals surface area contributed by atoms with Gasteiger partial charge in [-0.05, 0) is 38.9 Å². The molecule has 178 valence electrons. The van der Waals surface area contributed by atoms with Gasteiger partial charge in [0.15, 0.2) is 23.0 Å². The van der Waals surface area contributed by atoms with E-state index < -0.39 is 64.9 Å². The van der Waals surface area contributed by atoms with Crippen molar-refractivity contribution in [2.45, 2.75) is 31.1 Å². The number of Topliss-reactive ketones (excluding diaryl/α,β-unsaturated/α-hetero) is 3. The molecule has 0 bridgehead atoms. The highest BCUT2D eigenvalue weighted by Crippen LogP contribution is 2.52. The Kier molecular flexibility index (Phi) is 5.68. The molecule has 0 amide bonds. The van der Waals surface area contributed by atoms with E-state index in [1.54, 1.807) is 19.0 Å². The van der Waals surface area contributed by atoms with Crippen molar-refractivity contribution in [3.8, 4) is 5.75 Å². The van der Waals surface area contributed by atoms with Gasteiger partial charge in [0, 0.05) is 29.2 Å². The Hall–Kier alpha value is -2.66. The lowest BCUT2D eigenvalue weighted by molar-refractivity contribution is -0.168. The first-order chi connectivity index (χ1) is 15.5. The highest BCUT2D eigenvalue weighted by Gasteiger charge is 2.65. The molecule has 0 saturated heterocycles. The number of aliphatic hydroxyl groups is 2. The number of methoxy groups -OCH3 is 1. The Morgan fingerprint density at radius 2 is 1.97 bits per heavy atom. The molecular formula is C23H27FN2O7. The summed E-state index contributed by atoms with van der Waals surface area (Å²) in [4.78, 5) is 41.6. The van der Waals surface area contributed by atoms with Crippen LogP contribution in [-0.2, 0) is 27.4 Å². The molecule has 5 unspecified atom stereocenters. The normalized spacial score (nSPS) is 31.5. The van der Waals surface area contributed by atoms with Gasteiger partial charge in [0.1, 0.15) is 17.3 Å². The molecule has 3 aliphatic rings. The molecular weight excluding hydrogens is 435 g/mol. The van der Waals surface area contributed by atoms with Crippen LogP contribution in [0.1, 0.15) is 27.9 Å². The standard InChI is InChI=1S/C23H27FN2O7/c1-26(2)18-13-5-9-4-11-16(14(28)6-10(8-27)17(11)24)20(30)15(9)22(33-3)23(13,32)21(31)12(7-25)19(18)29/h6,9,12-13,18,27-28,32H,4-5,7-8,25H2,1-3H3. The number of nitrogens with zero attached hydrogens (tertiary/aromatic N) is 1. The van der Waals surface area contributed by atoms with E-state index >= 15 is 4.39 Å². The van der Waals surface area contributed by atoms with Crippen LogP contribution in [0.5, 0.6) is 5.75 Å². The smallest absolute Gasteiger partial charge is 0.196 e. The molecule has 0 radical (unpaired) electrons. The third kappa shape index (κ3) is 3.01. The number of carbonyl (C=O) groups is 3. The minimum Gasteiger partial charge on any atom is -0.507 e. The summed E-state index contributed by atoms with van der Waals surface area (Å²) in [6, 6.07) is 0.1000. The van der Waals surface area contributed by atoms with Crippen LogP contribution < -0.4 is 5.73 Å². The number of carbonyl (C=O) groups excluding carboxylic acids is 3. The number of ether oxygens (including phenoxy) is 1. The summed E-state index contributed by atoms with van der Waals surface area (Å²) in [5, 5.41) is 31.6. The van der Waals surface area contributed by atoms with Gasteiger partial charge in [-0.3, -0.25) is 19.3 Å². The molecule has 5 atom stereocenters. The maximum atomic E-state index is 15.0. The van der Waals surface area contributed by atoms with Crippen LogP contribution in [0.2, 0.25) is 0 Å². The van der Waals surface area contributed by atoms with Crippen molar-refractivity contribution in [3.05, 3.63) is 39.9 Å². The lowest BCUT2D eigenvalue weighted by atomic mass is 9.56. The zero-order valence-electron chi connectivity index (χ0n) is 18.6. The van der Waals surface area contributed by atoms with E-state index in [0.717, 1.165) is 6.07 Å². The van der Waals surface area contributed by atoms with E-state index in [9.17, 15) is 29.7 Å². The third-order valence-corrected chi connectivity index (χ3v) is 7.29. The quantitative estimate of drug-likeness (QED) is 0.442. The molecule has 3 aliphatic carbocycles. The van der Waals surface area contributed by atoms with E-state index in [1.165, 1.54) is 7.11 Å². The molecule has 1 saturated carbocycles. The van der Waals surface area contributed by atoms with Crippen molar-refractivity contribution >= 4 is 17.3 Å². The van der Waals surface area contributed by atoms with E-state index in [4.69, 9.17) is 10.5 Å². The third-order valence-electron chi connectivity index (χ3n) is 7.29. The molecule has 1 aromatic carbocycles. The first kappa shape index (κ1) is 23.5. The summed E-state index contributed by atoms with van der Waals surface area (Å²) in [7, 11) is 4.50. The minimum atomic E-state index is -2.28. The van der Waals surface area contributed by atoms with Crippen molar-refractivity contribution < 1.29 is 38.8 Å². The molecule has 1 fully saturated rings. The van der Waals surface area contributed by atoms with Crippen molar-refractivity contribution in [1.29, 1.82) is 0 Å². The van der Waals surface area contributed by atoms with E-state index in [0.29, 0.717) is 0 Å². The molecule has 0 spiro atoms. The number of ketones is 3. The first-order valence-corrected chi connectivity index (χ1v) is 10.7. The SMILES string of the molecule is COC1=C2C(=O)c3c(O)cc(CO)c(F)c3CC2CC2C(N(C)C)C(=O)C(CN)C(=O)C12O. The van der Waals surface area contributed by atoms with Gasteiger partial charge in [-0.1, -0.05) is 0 Å². The second kappa shape index (κ2) is 7.98. The number of benzene rings is 1. The molecule has 4 rings (SSSR count). The van der Waals surface area contributed by atoms with Crippen LogP contribution in [0.4, 0.5) is 4.39 Å². The van der Waals surface area contributed by atoms with Gasteiger partial charge < -0.3 is 25.8 Å². The van der Waals surface area contributed by atoms with Gasteiger partial charge in [-0.15, -0.1) is 0 Å². The van der Waals surface area contributed by atoms with Crippen LogP contribution >= 0.6 is 0 Å². The Bertz CT molecular complexity index is 1100. The van der Waals surface area contributed by atoms with Gasteiger partial charge in [-0.2, -0.15) is 0 Å². The van der Waals surface area contributed by atoms with Gasteiger partial charge in [-0.25, -0.2) is 4.39 Å². The second-order valence-electron chi connectivity index (χ2n) is 9.13. The highest BCUT2D eigenvalue weighted by atomic mass is 19.1. The summed E-state index contributed by atoms with van der Waals surface area (Å²) in [6.45, 7) is -0.967. The number of rotatable bonds is 4. The van der Waals surface area contributed by atoms with Crippen molar-refractivity contribution in [2.24, 2.45) is 23.5 Å². The zero-order chi connectivity index (χ0) is 24.4. The number of halogens is 1. The maximum absolute atomic E-state index is 15.0. The number of hydrogen-bond donors (Lipinski definition) is 4. The fourth-order valence-electron chi connectivity index (χ4n) is 5.88. The molecule has 0 aliphatic heterocycles. The number of nitrogens with two attached hydrogens (primary N) is 1. The average molecular weight is 462 g/mol. The Balaban J connectivity index is 1.98. The average Bonchev–Trinajstić information content (AvgIpc) is 2.76. The van der Waals surface area contributed by atoms with Crippen LogP contribution in [0.15, 0.2) is 17.4 Å². The summed E-state index contributed by atoms with van der Waals surface area (Å²) in [5.74, 6) is -6.50. The number of hydrogen-bond acceptors (Lipinski definition) is 9. The number of allylic oxidation sites excluding steroid dienone is 1. The molecule has 9 nitrogen and oxygen atoms in total. The lowest BCUT2D eigenvalue weighted by Gasteiger charge is -2.52. The Labute approximate surface area is 189 Å². The summed E-state index contributed by atoms with van der Waals surface area (Å²) in [6.07, 6.45) is -0.00300. The summed E-state index contributed by atoms with van der Waals surface area (Å²) < 4.78 is 20.5. The second-order valence-corrected chi connectivity index (χ2v) is 9.13. The number of fused-ring (bicyclic) bond motifs is 3. The van der Waals surface area contributed by atoms with Gasteiger partial charge in [0.2, 0.25) is 0 Å². The minimum absolute atomic E-state index is 0.0221. The molecule has 0 aromatic heterocycles. The van der Waals surface area contributed by atoms with Crippen LogP contribution in [-0.4, -0.2) is 77.0 Å². The Morgan fingerprint density at radius 1 is 1.30 bits per heavy atom. The van der Waals surface area contributed by atoms with Gasteiger partial charge >= 0.3 is 0 Å². The monoisotopic (exact) mass is 462 g/mol. The van der Waals surface area contributed by atoms with Gasteiger partial charge in [0.25, 0.3) is 0 Å². The topological polar surface area (TPSA) is 150 Å². The van der Waals surface area contributed by atoms with Crippen LogP contribution in [0, 0.1) is 23.6 Å². The van der Waals surface area contributed by atoms with Crippen LogP contribution in [0.3, 0.4) is 0 Å². The number of phenolic OH excluding ortho intramolecular Hbond substituents is 1. The highest BCUT2D eigenvalue weighted by molar-refractivity contribution is 6.17. The number of phenols is 1. The largest absolute Gasteiger partial charge is 0.507 e. The fourth-order valence-corrected chi connectivity index (χ4v) is 5.88. The van der Waals surface area contributed by atoms with E-state index in [-0.39, 0.29) is 47.4 Å². The fraction of sp³-hybridized carbons (Fsp3) is 0.522. The Morgan fingerprint density at radius 3 is 2.52 bits per heavy atom. The molecule has 10 heteroatoms. The van der Waals surface area contributed by atoms with Crippen LogP contribution in [0.25, 0.3) is 0 Å². The summed E-state index contributed by atoms with van der Waals surface area (Å²) >= 11 is 0. The predicted octanol–water partition coefficient (Wildman–Crippen LogP) is -0.313. The van der Waals surface area contributed by atoms with Crippen molar-refractivity contribution in [1.82, 2.24) is 4.90 Å². The lowest BCUT2D eigenvalue weighted by Crippen LogP contribution is -2.69. The first-order valence-electron chi connectivity index (χ1n) is 10.7. The molecule has 5 N–H and O–H groups in total. The summed E-state index contributed by atoms with van der Waals surface area (Å²) in [5.41, 5.74) is 2.93. The van der Waals surface area contributed by atoms with E-state index in [2.05, 4.69) is 0 Å². The number of likely N-dealkylation sites (N-methyl/N-ethyl adjacent to an activating group) is 1. The zero-order valence-corrected chi connectivity index (χ0v) is 18.6. The number of aliphatic hydroxyl groups excluding tert-OH is 1. The number of aromatic hydroxyl groups is 1. The molecule has 1 aromatic rings. The molecule has 33 heavy (non-hydrogen) atoms. The van der Waals surface area contributed by atoms with Crippen molar-refractivity contribution in [3.63, 3.8) is 0 Å². The van der Waals surface area contributed by atoms with Gasteiger partial charge in [0.05, 0.1) is 31.2 Å². The van der Waals surface area contributed by atoms with E-state index in [1.807, 2.05) is 0 Å². The maximum Gasteiger partial charge on any atom is 0.196 e. The molecule has 0 heterocycles. The van der Waals surface area contributed by atoms with Crippen molar-refractivity contribution in [2.75, 3.05) is 27.7 Å².